The fourth-order valence-electron chi connectivity index (χ4n) is 10.7. The molecule has 2 fully saturated rings. The molecular weight excluding hydrogens is 868 g/mol. The van der Waals surface area contributed by atoms with Crippen LogP contribution in [0.15, 0.2) is 18.2 Å². The lowest BCUT2D eigenvalue weighted by Gasteiger charge is -2.62. The van der Waals surface area contributed by atoms with E-state index in [9.17, 15) is 20.0 Å². The number of nitrogens with one attached hydrogen (secondary N) is 1. The van der Waals surface area contributed by atoms with E-state index in [0.29, 0.717) is 64.5 Å². The molecule has 4 bridgehead atoms. The lowest BCUT2D eigenvalue weighted by atomic mass is 9.71. The van der Waals surface area contributed by atoms with Gasteiger partial charge >= 0.3 is 18.1 Å². The van der Waals surface area contributed by atoms with Gasteiger partial charge in [0, 0.05) is 52.5 Å². The number of halogens is 1. The molecule has 0 amide bonds. The van der Waals surface area contributed by atoms with Crippen molar-refractivity contribution >= 4 is 41.5 Å². The first-order valence-electron chi connectivity index (χ1n) is 21.2. The molecular formula is C46H51ClN4O12S. The fraction of sp³-hybridized carbons (Fsp3) is 0.522. The second-order valence-electron chi connectivity index (χ2n) is 18.0. The summed E-state index contributed by atoms with van der Waals surface area (Å²) in [4.78, 5) is 45.8. The molecule has 0 aliphatic carbocycles. The number of phenols is 1. The van der Waals surface area contributed by atoms with E-state index < -0.39 is 58.7 Å². The summed E-state index contributed by atoms with van der Waals surface area (Å²) in [6.45, 7) is 8.94. The van der Waals surface area contributed by atoms with Crippen molar-refractivity contribution in [3.05, 3.63) is 62.7 Å². The molecule has 3 aromatic carbocycles. The van der Waals surface area contributed by atoms with E-state index in [2.05, 4.69) is 21.2 Å². The van der Waals surface area contributed by atoms with Crippen LogP contribution in [0.25, 0.3) is 0 Å². The quantitative estimate of drug-likeness (QED) is 0.123. The Morgan fingerprint density at radius 3 is 2.50 bits per heavy atom. The number of piperazine rings is 1. The van der Waals surface area contributed by atoms with Gasteiger partial charge in [0.05, 0.1) is 44.0 Å². The van der Waals surface area contributed by atoms with E-state index in [4.69, 9.17) is 49.5 Å². The second kappa shape index (κ2) is 16.4. The molecule has 7 aliphatic rings. The first kappa shape index (κ1) is 44.1. The zero-order valence-electron chi connectivity index (χ0n) is 36.9. The molecule has 7 aliphatic heterocycles. The Morgan fingerprint density at radius 1 is 1.03 bits per heavy atom. The molecule has 0 aromatic heterocycles. The molecule has 64 heavy (non-hydrogen) atoms. The van der Waals surface area contributed by atoms with Crippen molar-refractivity contribution in [3.63, 3.8) is 0 Å². The number of nitriles is 1. The molecule has 3 aromatic rings. The van der Waals surface area contributed by atoms with Gasteiger partial charge in [0.25, 0.3) is 0 Å². The molecule has 16 nitrogen and oxygen atoms in total. The molecule has 0 radical (unpaired) electrons. The summed E-state index contributed by atoms with van der Waals surface area (Å²) in [7, 11) is 4.95. The van der Waals surface area contributed by atoms with E-state index in [1.165, 1.54) is 26.0 Å². The highest BCUT2D eigenvalue weighted by atomic mass is 35.5. The number of carbonyl (C=O) groups excluding carboxylic acids is 3. The van der Waals surface area contributed by atoms with Crippen LogP contribution in [0.5, 0.6) is 40.2 Å². The average Bonchev–Trinajstić information content (AvgIpc) is 3.73. The molecule has 1 unspecified atom stereocenters. The largest absolute Gasteiger partial charge is 0.514 e. The summed E-state index contributed by atoms with van der Waals surface area (Å²) in [6, 6.07) is 5.03. The molecule has 2 saturated heterocycles. The van der Waals surface area contributed by atoms with Crippen LogP contribution >= 0.6 is 23.4 Å². The van der Waals surface area contributed by atoms with Gasteiger partial charge in [-0.05, 0) is 88.9 Å². The standard InChI is InChI=1S/C46H51ClN4O12S/c1-21-13-24-14-26-27(17-48)51-28-18-58-43(54)46(25-16-29(56-7)30(15-23(25)10-12-49-46)61-44(55)63-45(3,4)5)19-64-42(36(51)35(50(26)6)32(24)37(53)38(21)57-8)34-33(28)41-40(59-20-60-41)22(2)39(34)62-31(52)9-11-47/h13,15-16,26-28,35-36,42,49,53H,9-12,14,18-20H2,1-8H3/t26-,27+,28-,35-,36?,42-,46-/m1/s1. The monoisotopic (exact) mass is 918 g/mol. The minimum absolute atomic E-state index is 0.0132. The van der Waals surface area contributed by atoms with Crippen LogP contribution in [0.4, 0.5) is 4.79 Å². The van der Waals surface area contributed by atoms with Crippen LogP contribution in [0, 0.1) is 25.2 Å². The number of carbonyl (C=O) groups is 3. The van der Waals surface area contributed by atoms with Gasteiger partial charge in [-0.25, -0.2) is 9.59 Å². The predicted octanol–water partition coefficient (Wildman–Crippen LogP) is 6.20. The van der Waals surface area contributed by atoms with Crippen LogP contribution in [-0.2, 0) is 37.4 Å². The zero-order valence-corrected chi connectivity index (χ0v) is 38.5. The summed E-state index contributed by atoms with van der Waals surface area (Å²) < 4.78 is 47.9. The van der Waals surface area contributed by atoms with Crippen LogP contribution < -0.4 is 33.7 Å². The molecule has 1 spiro atoms. The van der Waals surface area contributed by atoms with Gasteiger partial charge in [-0.2, -0.15) is 5.26 Å². The Bertz CT molecular complexity index is 2510. The predicted molar refractivity (Wildman–Crippen MR) is 233 cm³/mol. The number of methoxy groups -OCH3 is 2. The van der Waals surface area contributed by atoms with Crippen LogP contribution in [0.1, 0.15) is 89.0 Å². The van der Waals surface area contributed by atoms with Gasteiger partial charge in [-0.1, -0.05) is 6.07 Å². The topological polar surface area (TPSA) is 188 Å². The van der Waals surface area contributed by atoms with Crippen molar-refractivity contribution in [2.75, 3.05) is 52.8 Å². The Balaban J connectivity index is 1.27. The summed E-state index contributed by atoms with van der Waals surface area (Å²) in [5, 5.41) is 26.3. The van der Waals surface area contributed by atoms with E-state index in [-0.39, 0.29) is 60.5 Å². The maximum absolute atomic E-state index is 15.1. The van der Waals surface area contributed by atoms with Crippen LogP contribution in [-0.4, -0.2) is 110 Å². The summed E-state index contributed by atoms with van der Waals surface area (Å²) in [5.74, 6) is 0.802. The molecule has 340 valence electrons. The maximum Gasteiger partial charge on any atom is 0.514 e. The third-order valence-electron chi connectivity index (χ3n) is 13.3. The van der Waals surface area contributed by atoms with Gasteiger partial charge in [-0.15, -0.1) is 23.4 Å². The van der Waals surface area contributed by atoms with Crippen molar-refractivity contribution in [1.82, 2.24) is 15.1 Å². The van der Waals surface area contributed by atoms with Gasteiger partial charge in [0.1, 0.15) is 24.0 Å². The number of aromatic hydroxyl groups is 1. The zero-order chi connectivity index (χ0) is 45.6. The number of thioether (sulfide) groups is 1. The fourth-order valence-corrected chi connectivity index (χ4v) is 12.6. The summed E-state index contributed by atoms with van der Waals surface area (Å²) in [6.07, 6.45) is -0.0291. The van der Waals surface area contributed by atoms with Crippen molar-refractivity contribution in [3.8, 4) is 46.3 Å². The second-order valence-corrected chi connectivity index (χ2v) is 19.5. The number of hydrogen-bond acceptors (Lipinski definition) is 17. The Kier molecular flexibility index (Phi) is 11.3. The molecule has 2 N–H and O–H groups in total. The lowest BCUT2D eigenvalue weighted by molar-refractivity contribution is -0.157. The van der Waals surface area contributed by atoms with Crippen molar-refractivity contribution < 1.29 is 57.4 Å². The number of alkyl halides is 1. The van der Waals surface area contributed by atoms with E-state index in [0.717, 1.165) is 16.7 Å². The van der Waals surface area contributed by atoms with Crippen molar-refractivity contribution in [2.24, 2.45) is 0 Å². The highest BCUT2D eigenvalue weighted by molar-refractivity contribution is 7.99. The first-order valence-corrected chi connectivity index (χ1v) is 22.8. The third kappa shape index (κ3) is 6.86. The number of phenolic OH excluding ortho intramolecular Hbond substituents is 1. The minimum atomic E-state index is -1.47. The number of likely N-dealkylation sites (N-methyl/N-ethyl adjacent to an activating group) is 1. The van der Waals surface area contributed by atoms with E-state index in [1.54, 1.807) is 32.9 Å². The molecule has 10 rings (SSSR count). The van der Waals surface area contributed by atoms with Crippen molar-refractivity contribution in [2.45, 2.75) is 100 Å². The third-order valence-corrected chi connectivity index (χ3v) is 14.9. The number of esters is 2. The summed E-state index contributed by atoms with van der Waals surface area (Å²) in [5.41, 5.74) is 3.15. The van der Waals surface area contributed by atoms with Crippen LogP contribution in [0.3, 0.4) is 0 Å². The van der Waals surface area contributed by atoms with Gasteiger partial charge in [0.2, 0.25) is 6.79 Å². The van der Waals surface area contributed by atoms with E-state index in [1.807, 2.05) is 27.0 Å². The number of aryl methyl sites for hydroxylation is 1. The minimum Gasteiger partial charge on any atom is -0.504 e. The highest BCUT2D eigenvalue weighted by Crippen LogP contribution is 2.64. The Labute approximate surface area is 380 Å². The number of fused-ring (bicyclic) bond motifs is 9. The number of rotatable bonds is 6. The van der Waals surface area contributed by atoms with Gasteiger partial charge in [0.15, 0.2) is 40.0 Å². The van der Waals surface area contributed by atoms with Gasteiger partial charge in [-0.3, -0.25) is 19.9 Å². The number of ether oxygens (including phenoxy) is 8. The van der Waals surface area contributed by atoms with Crippen molar-refractivity contribution in [1.29, 1.82) is 5.26 Å². The number of nitrogens with zero attached hydrogens (tertiary/aromatic N) is 3. The maximum atomic E-state index is 15.1. The van der Waals surface area contributed by atoms with Gasteiger partial charge < -0.3 is 43.0 Å². The van der Waals surface area contributed by atoms with Crippen LogP contribution in [0.2, 0.25) is 0 Å². The smallest absolute Gasteiger partial charge is 0.504 e. The average molecular weight is 919 g/mol. The normalized spacial score (nSPS) is 26.7. The van der Waals surface area contributed by atoms with E-state index >= 15 is 4.79 Å². The molecule has 0 saturated carbocycles. The summed E-state index contributed by atoms with van der Waals surface area (Å²) >= 11 is 7.52. The number of hydrogen-bond donors (Lipinski definition) is 2. The first-order chi connectivity index (χ1) is 30.6. The SMILES string of the molecule is COc1cc2c(cc1OC(=O)OC(C)(C)C)CCN[C@]21CS[C@@H]2c3c(OC(=O)CCCl)c(C)c4c(c3[C@@H](COC1=O)N1C2[C@H]2c3c(cc(C)c(OC)c3O)C[C@H]([C@@H]1C#N)N2C)OCO4. The molecule has 7 atom stereocenters. The molecule has 18 heteroatoms. The Morgan fingerprint density at radius 2 is 1.80 bits per heavy atom. The highest BCUT2D eigenvalue weighted by Gasteiger charge is 2.62. The molecule has 7 heterocycles. The lowest BCUT2D eigenvalue weighted by Crippen LogP contribution is -2.69. The number of benzene rings is 3. The Hall–Kier alpha value is -5.12.